The molecule has 0 aromatic heterocycles. The number of carbonyl (C=O) groups is 2. The van der Waals surface area contributed by atoms with Crippen molar-refractivity contribution < 1.29 is 18.0 Å². The zero-order valence-corrected chi connectivity index (χ0v) is 19.3. The Balaban J connectivity index is 1.46. The molecule has 1 N–H and O–H groups in total. The van der Waals surface area contributed by atoms with Crippen molar-refractivity contribution in [3.8, 4) is 0 Å². The maximum absolute atomic E-state index is 13.0. The third kappa shape index (κ3) is 5.07. The van der Waals surface area contributed by atoms with Crippen molar-refractivity contribution in [3.05, 3.63) is 72.3 Å². The number of fused-ring (bicyclic) bond motifs is 1. The van der Waals surface area contributed by atoms with Gasteiger partial charge in [0.1, 0.15) is 0 Å². The Labute approximate surface area is 194 Å². The Morgan fingerprint density at radius 2 is 1.64 bits per heavy atom. The summed E-state index contributed by atoms with van der Waals surface area (Å²) in [5.74, 6) is -0.752. The first-order chi connectivity index (χ1) is 15.9. The molecule has 0 unspecified atom stereocenters. The average molecular weight is 466 g/mol. The summed E-state index contributed by atoms with van der Waals surface area (Å²) in [5, 5.41) is 4.79. The van der Waals surface area contributed by atoms with E-state index in [2.05, 4.69) is 5.32 Å². The van der Waals surface area contributed by atoms with Gasteiger partial charge in [-0.15, -0.1) is 0 Å². The molecule has 1 saturated heterocycles. The molecule has 0 atom stereocenters. The van der Waals surface area contributed by atoms with Gasteiger partial charge in [0, 0.05) is 36.8 Å². The zero-order chi connectivity index (χ0) is 23.4. The van der Waals surface area contributed by atoms with Gasteiger partial charge in [-0.2, -0.15) is 4.31 Å². The number of piperidine rings is 1. The van der Waals surface area contributed by atoms with E-state index in [4.69, 9.17) is 0 Å². The van der Waals surface area contributed by atoms with Crippen LogP contribution in [0.3, 0.4) is 0 Å². The van der Waals surface area contributed by atoms with Crippen molar-refractivity contribution in [1.82, 2.24) is 9.21 Å². The summed E-state index contributed by atoms with van der Waals surface area (Å²) in [5.41, 5.74) is 0.905. The molecule has 1 aliphatic rings. The molecule has 7 nitrogen and oxygen atoms in total. The fraction of sp³-hybridized carbons (Fsp3) is 0.280. The lowest BCUT2D eigenvalue weighted by molar-refractivity contribution is -0.116. The van der Waals surface area contributed by atoms with Crippen LogP contribution in [0.1, 0.15) is 29.6 Å². The minimum absolute atomic E-state index is 0.101. The van der Waals surface area contributed by atoms with Crippen molar-refractivity contribution in [2.24, 2.45) is 0 Å². The molecule has 4 rings (SSSR count). The third-order valence-corrected chi connectivity index (χ3v) is 7.72. The van der Waals surface area contributed by atoms with Crippen LogP contribution in [0.4, 0.5) is 5.69 Å². The Kier molecular flexibility index (Phi) is 6.76. The molecule has 8 heteroatoms. The monoisotopic (exact) mass is 465 g/mol. The van der Waals surface area contributed by atoms with E-state index in [0.717, 1.165) is 30.0 Å². The first-order valence-electron chi connectivity index (χ1n) is 11.0. The Morgan fingerprint density at radius 3 is 2.42 bits per heavy atom. The van der Waals surface area contributed by atoms with E-state index in [1.807, 2.05) is 42.5 Å². The fourth-order valence-corrected chi connectivity index (χ4v) is 5.64. The second kappa shape index (κ2) is 9.72. The van der Waals surface area contributed by atoms with Crippen molar-refractivity contribution in [2.45, 2.75) is 24.2 Å². The highest BCUT2D eigenvalue weighted by Gasteiger charge is 2.27. The summed E-state index contributed by atoms with van der Waals surface area (Å²) in [6.07, 6.45) is 2.70. The van der Waals surface area contributed by atoms with Crippen molar-refractivity contribution in [2.75, 3.05) is 32.0 Å². The molecular weight excluding hydrogens is 438 g/mol. The predicted octanol–water partition coefficient (Wildman–Crippen LogP) is 3.73. The maximum Gasteiger partial charge on any atom is 0.254 e. The molecule has 3 aromatic carbocycles. The van der Waals surface area contributed by atoms with Crippen LogP contribution in [-0.4, -0.2) is 56.1 Å². The van der Waals surface area contributed by atoms with E-state index < -0.39 is 15.9 Å². The zero-order valence-electron chi connectivity index (χ0n) is 18.5. The Bertz CT molecular complexity index is 1280. The quantitative estimate of drug-likeness (QED) is 0.601. The number of rotatable bonds is 6. The minimum atomic E-state index is -3.64. The van der Waals surface area contributed by atoms with E-state index >= 15 is 0 Å². The summed E-state index contributed by atoms with van der Waals surface area (Å²) in [6.45, 7) is 0.828. The molecule has 1 heterocycles. The first-order valence-corrected chi connectivity index (χ1v) is 12.4. The number of nitrogens with zero attached hydrogens (tertiary/aromatic N) is 2. The molecular formula is C25H27N3O4S. The average Bonchev–Trinajstić information content (AvgIpc) is 2.84. The molecule has 3 aromatic rings. The lowest BCUT2D eigenvalue weighted by atomic mass is 10.1. The van der Waals surface area contributed by atoms with Crippen LogP contribution >= 0.6 is 0 Å². The van der Waals surface area contributed by atoms with Crippen LogP contribution in [0.5, 0.6) is 0 Å². The maximum atomic E-state index is 13.0. The second-order valence-electron chi connectivity index (χ2n) is 8.23. The van der Waals surface area contributed by atoms with Crippen molar-refractivity contribution in [1.29, 1.82) is 0 Å². The molecule has 1 aliphatic heterocycles. The molecule has 0 spiro atoms. The highest BCUT2D eigenvalue weighted by atomic mass is 32.2. The summed E-state index contributed by atoms with van der Waals surface area (Å²) in [6, 6.07) is 19.4. The molecule has 0 radical (unpaired) electrons. The van der Waals surface area contributed by atoms with Crippen LogP contribution in [-0.2, 0) is 14.8 Å². The smallest absolute Gasteiger partial charge is 0.254 e. The first kappa shape index (κ1) is 22.9. The SMILES string of the molecule is CN(CC(=O)Nc1cccc2ccccc12)C(=O)c1cccc(S(=O)(=O)N2CCCCC2)c1. The van der Waals surface area contributed by atoms with Gasteiger partial charge in [-0.05, 0) is 42.5 Å². The molecule has 0 aliphatic carbocycles. The normalized spacial score (nSPS) is 14.7. The van der Waals surface area contributed by atoms with Gasteiger partial charge in [-0.1, -0.05) is 48.9 Å². The summed E-state index contributed by atoms with van der Waals surface area (Å²) < 4.78 is 27.4. The number of hydrogen-bond acceptors (Lipinski definition) is 4. The van der Waals surface area contributed by atoms with Crippen LogP contribution in [0.2, 0.25) is 0 Å². The number of likely N-dealkylation sites (N-methyl/N-ethyl adjacent to an activating group) is 1. The van der Waals surface area contributed by atoms with E-state index in [9.17, 15) is 18.0 Å². The van der Waals surface area contributed by atoms with Gasteiger partial charge in [0.05, 0.1) is 11.4 Å². The number of sulfonamides is 1. The summed E-state index contributed by atoms with van der Waals surface area (Å²) in [4.78, 5) is 27.0. The fourth-order valence-electron chi connectivity index (χ4n) is 4.08. The number of carbonyl (C=O) groups excluding carboxylic acids is 2. The molecule has 2 amide bonds. The molecule has 33 heavy (non-hydrogen) atoms. The number of benzene rings is 3. The Hall–Kier alpha value is -3.23. The predicted molar refractivity (Wildman–Crippen MR) is 129 cm³/mol. The van der Waals surface area contributed by atoms with Crippen LogP contribution in [0.25, 0.3) is 10.8 Å². The topological polar surface area (TPSA) is 86.8 Å². The van der Waals surface area contributed by atoms with Crippen LogP contribution < -0.4 is 5.32 Å². The van der Waals surface area contributed by atoms with Gasteiger partial charge in [0.25, 0.3) is 5.91 Å². The number of hydrogen-bond donors (Lipinski definition) is 1. The highest BCUT2D eigenvalue weighted by Crippen LogP contribution is 2.24. The number of nitrogens with one attached hydrogen (secondary N) is 1. The van der Waals surface area contributed by atoms with Gasteiger partial charge < -0.3 is 10.2 Å². The molecule has 1 fully saturated rings. The second-order valence-corrected chi connectivity index (χ2v) is 10.2. The highest BCUT2D eigenvalue weighted by molar-refractivity contribution is 7.89. The van der Waals surface area contributed by atoms with Crippen molar-refractivity contribution >= 4 is 38.3 Å². The molecule has 0 bridgehead atoms. The largest absolute Gasteiger partial charge is 0.332 e. The van der Waals surface area contributed by atoms with E-state index in [1.54, 1.807) is 12.1 Å². The minimum Gasteiger partial charge on any atom is -0.332 e. The van der Waals surface area contributed by atoms with Crippen LogP contribution in [0.15, 0.2) is 71.6 Å². The number of anilines is 1. The van der Waals surface area contributed by atoms with E-state index in [-0.39, 0.29) is 22.9 Å². The lowest BCUT2D eigenvalue weighted by Crippen LogP contribution is -2.36. The summed E-state index contributed by atoms with van der Waals surface area (Å²) in [7, 11) is -2.12. The number of amides is 2. The summed E-state index contributed by atoms with van der Waals surface area (Å²) >= 11 is 0. The van der Waals surface area contributed by atoms with Gasteiger partial charge in [-0.3, -0.25) is 9.59 Å². The Morgan fingerprint density at radius 1 is 0.939 bits per heavy atom. The van der Waals surface area contributed by atoms with Gasteiger partial charge >= 0.3 is 0 Å². The lowest BCUT2D eigenvalue weighted by Gasteiger charge is -2.26. The molecule has 0 saturated carbocycles. The molecule has 172 valence electrons. The van der Waals surface area contributed by atoms with Gasteiger partial charge in [0.2, 0.25) is 15.9 Å². The van der Waals surface area contributed by atoms with E-state index in [1.165, 1.54) is 28.4 Å². The van der Waals surface area contributed by atoms with E-state index in [0.29, 0.717) is 18.8 Å². The third-order valence-electron chi connectivity index (χ3n) is 5.82. The van der Waals surface area contributed by atoms with Gasteiger partial charge in [-0.25, -0.2) is 8.42 Å². The van der Waals surface area contributed by atoms with Crippen LogP contribution in [0, 0.1) is 0 Å². The standard InChI is InChI=1S/C25H27N3O4S/c1-27(18-24(29)26-23-14-8-10-19-9-3-4-13-22(19)23)25(30)20-11-7-12-21(17-20)33(31,32)28-15-5-2-6-16-28/h3-4,7-14,17H,2,5-6,15-16,18H2,1H3,(H,26,29). The van der Waals surface area contributed by atoms with Gasteiger partial charge in [0.15, 0.2) is 0 Å². The van der Waals surface area contributed by atoms with Crippen molar-refractivity contribution in [3.63, 3.8) is 0 Å².